The van der Waals surface area contributed by atoms with Crippen LogP contribution in [-0.4, -0.2) is 30.6 Å². The molecule has 0 amide bonds. The molecule has 1 fully saturated rings. The Balaban J connectivity index is 2.25. The van der Waals surface area contributed by atoms with Gasteiger partial charge in [-0.05, 0) is 51.1 Å². The third-order valence-corrected chi connectivity index (χ3v) is 4.05. The predicted octanol–water partition coefficient (Wildman–Crippen LogP) is 3.96. The predicted molar refractivity (Wildman–Crippen MR) is 80.8 cm³/mol. The summed E-state index contributed by atoms with van der Waals surface area (Å²) in [6.07, 6.45) is 3.48. The van der Waals surface area contributed by atoms with Crippen molar-refractivity contribution >= 4 is 17.6 Å². The molecule has 1 aliphatic rings. The summed E-state index contributed by atoms with van der Waals surface area (Å²) in [5.41, 5.74) is 0.484. The van der Waals surface area contributed by atoms with Crippen molar-refractivity contribution < 1.29 is 13.9 Å². The second-order valence-electron chi connectivity index (χ2n) is 5.29. The first-order valence-electron chi connectivity index (χ1n) is 7.46. The van der Waals surface area contributed by atoms with Crippen LogP contribution >= 0.6 is 11.6 Å². The van der Waals surface area contributed by atoms with E-state index in [1.54, 1.807) is 13.0 Å². The Labute approximate surface area is 130 Å². The number of rotatable bonds is 5. The lowest BCUT2D eigenvalue weighted by Gasteiger charge is -2.34. The zero-order valence-corrected chi connectivity index (χ0v) is 13.0. The topological polar surface area (TPSA) is 29.5 Å². The minimum atomic E-state index is -0.320. The molecule has 1 aliphatic heterocycles. The first kappa shape index (κ1) is 16.2. The Bertz CT molecular complexity index is 489. The minimum Gasteiger partial charge on any atom is -0.466 e. The maximum atomic E-state index is 14.2. The molecule has 0 spiro atoms. The highest BCUT2D eigenvalue weighted by atomic mass is 35.5. The van der Waals surface area contributed by atoms with Gasteiger partial charge in [-0.1, -0.05) is 18.0 Å². The number of piperidine rings is 1. The molecule has 1 unspecified atom stereocenters. The first-order chi connectivity index (χ1) is 10.1. The van der Waals surface area contributed by atoms with Crippen LogP contribution in [0.5, 0.6) is 0 Å². The highest BCUT2D eigenvalue weighted by Crippen LogP contribution is 2.31. The van der Waals surface area contributed by atoms with E-state index in [9.17, 15) is 9.18 Å². The van der Waals surface area contributed by atoms with Gasteiger partial charge in [0, 0.05) is 16.6 Å². The number of benzene rings is 1. The van der Waals surface area contributed by atoms with Gasteiger partial charge in [0.2, 0.25) is 0 Å². The van der Waals surface area contributed by atoms with Crippen LogP contribution in [0, 0.1) is 5.82 Å². The van der Waals surface area contributed by atoms with Crippen LogP contribution in [0.15, 0.2) is 18.2 Å². The third kappa shape index (κ3) is 4.42. The van der Waals surface area contributed by atoms with Crippen molar-refractivity contribution in [1.29, 1.82) is 0 Å². The molecule has 0 N–H and O–H groups in total. The lowest BCUT2D eigenvalue weighted by atomic mass is 9.98. The number of hydrogen-bond donors (Lipinski definition) is 0. The van der Waals surface area contributed by atoms with Gasteiger partial charge in [-0.2, -0.15) is 0 Å². The minimum absolute atomic E-state index is 0.158. The molecule has 0 aliphatic carbocycles. The number of hydrogen-bond acceptors (Lipinski definition) is 3. The number of ether oxygens (including phenoxy) is 1. The van der Waals surface area contributed by atoms with Gasteiger partial charge in [-0.25, -0.2) is 4.39 Å². The summed E-state index contributed by atoms with van der Waals surface area (Å²) in [6, 6.07) is 4.20. The van der Waals surface area contributed by atoms with Crippen LogP contribution in [0.1, 0.15) is 44.2 Å². The van der Waals surface area contributed by atoms with Gasteiger partial charge >= 0.3 is 5.97 Å². The van der Waals surface area contributed by atoms with Crippen molar-refractivity contribution in [3.05, 3.63) is 34.6 Å². The molecular weight excluding hydrogens is 293 g/mol. The molecule has 1 aromatic rings. The number of likely N-dealkylation sites (tertiary alicyclic amines) is 1. The monoisotopic (exact) mass is 313 g/mol. The van der Waals surface area contributed by atoms with Gasteiger partial charge in [-0.15, -0.1) is 0 Å². The fraction of sp³-hybridized carbons (Fsp3) is 0.562. The van der Waals surface area contributed by atoms with E-state index in [1.807, 2.05) is 0 Å². The molecule has 1 aromatic carbocycles. The number of esters is 1. The largest absolute Gasteiger partial charge is 0.466 e. The van der Waals surface area contributed by atoms with Crippen LogP contribution < -0.4 is 0 Å². The summed E-state index contributed by atoms with van der Waals surface area (Å²) >= 11 is 6.00. The maximum Gasteiger partial charge on any atom is 0.307 e. The lowest BCUT2D eigenvalue weighted by molar-refractivity contribution is -0.144. The van der Waals surface area contributed by atoms with Crippen LogP contribution in [0.25, 0.3) is 0 Å². The Morgan fingerprint density at radius 2 is 2.10 bits per heavy atom. The van der Waals surface area contributed by atoms with Crippen molar-refractivity contribution in [1.82, 2.24) is 4.90 Å². The number of carbonyl (C=O) groups is 1. The van der Waals surface area contributed by atoms with Crippen LogP contribution in [0.4, 0.5) is 4.39 Å². The third-order valence-electron chi connectivity index (χ3n) is 3.81. The van der Waals surface area contributed by atoms with E-state index in [2.05, 4.69) is 4.90 Å². The quantitative estimate of drug-likeness (QED) is 0.771. The zero-order valence-electron chi connectivity index (χ0n) is 12.3. The molecule has 0 aromatic heterocycles. The summed E-state index contributed by atoms with van der Waals surface area (Å²) in [6.45, 7) is 3.85. The van der Waals surface area contributed by atoms with E-state index in [0.29, 0.717) is 17.2 Å². The van der Waals surface area contributed by atoms with E-state index in [-0.39, 0.29) is 24.2 Å². The molecule has 21 heavy (non-hydrogen) atoms. The normalized spacial score (nSPS) is 17.5. The van der Waals surface area contributed by atoms with Crippen molar-refractivity contribution in [3.8, 4) is 0 Å². The van der Waals surface area contributed by atoms with Crippen molar-refractivity contribution in [2.24, 2.45) is 0 Å². The zero-order chi connectivity index (χ0) is 15.2. The molecule has 116 valence electrons. The molecule has 0 bridgehead atoms. The Hall–Kier alpha value is -1.13. The van der Waals surface area contributed by atoms with E-state index < -0.39 is 0 Å². The molecule has 0 radical (unpaired) electrons. The number of nitrogens with zero attached hydrogens (tertiary/aromatic N) is 1. The van der Waals surface area contributed by atoms with Crippen molar-refractivity contribution in [2.45, 2.75) is 38.6 Å². The first-order valence-corrected chi connectivity index (χ1v) is 7.84. The molecular formula is C16H21ClFNO2. The molecule has 1 heterocycles. The highest BCUT2D eigenvalue weighted by molar-refractivity contribution is 6.30. The molecule has 5 heteroatoms. The van der Waals surface area contributed by atoms with Gasteiger partial charge in [0.15, 0.2) is 0 Å². The SMILES string of the molecule is CCOC(=O)CC(c1cc(Cl)ccc1F)N1CCCCC1. The van der Waals surface area contributed by atoms with Gasteiger partial charge < -0.3 is 4.74 Å². The van der Waals surface area contributed by atoms with Crippen LogP contribution in [0.3, 0.4) is 0 Å². The van der Waals surface area contributed by atoms with Gasteiger partial charge in [0.05, 0.1) is 13.0 Å². The fourth-order valence-corrected chi connectivity index (χ4v) is 2.99. The van der Waals surface area contributed by atoms with E-state index in [1.165, 1.54) is 18.6 Å². The number of carbonyl (C=O) groups excluding carboxylic acids is 1. The summed E-state index contributed by atoms with van der Waals surface area (Å²) in [5.74, 6) is -0.619. The fourth-order valence-electron chi connectivity index (χ4n) is 2.81. The van der Waals surface area contributed by atoms with E-state index >= 15 is 0 Å². The standard InChI is InChI=1S/C16H21ClFNO2/c1-2-21-16(20)11-15(19-8-4-3-5-9-19)13-10-12(17)6-7-14(13)18/h6-7,10,15H,2-5,8-9,11H2,1H3. The van der Waals surface area contributed by atoms with E-state index in [4.69, 9.17) is 16.3 Å². The summed E-state index contributed by atoms with van der Waals surface area (Å²) in [4.78, 5) is 14.0. The average Bonchev–Trinajstić information content (AvgIpc) is 2.49. The second-order valence-corrected chi connectivity index (χ2v) is 5.72. The van der Waals surface area contributed by atoms with Crippen LogP contribution in [-0.2, 0) is 9.53 Å². The van der Waals surface area contributed by atoms with Gasteiger partial charge in [0.25, 0.3) is 0 Å². The average molecular weight is 314 g/mol. The van der Waals surface area contributed by atoms with E-state index in [0.717, 1.165) is 25.9 Å². The molecule has 1 saturated heterocycles. The second kappa shape index (κ2) is 7.76. The maximum absolute atomic E-state index is 14.2. The van der Waals surface area contributed by atoms with Crippen molar-refractivity contribution in [3.63, 3.8) is 0 Å². The summed E-state index contributed by atoms with van der Waals surface area (Å²) in [7, 11) is 0. The van der Waals surface area contributed by atoms with Gasteiger partial charge in [0.1, 0.15) is 5.82 Å². The number of halogens is 2. The Kier molecular flexibility index (Phi) is 6.00. The molecule has 3 nitrogen and oxygen atoms in total. The molecule has 0 saturated carbocycles. The molecule has 2 rings (SSSR count). The lowest BCUT2D eigenvalue weighted by Crippen LogP contribution is -2.35. The molecule has 1 atom stereocenters. The smallest absolute Gasteiger partial charge is 0.307 e. The Morgan fingerprint density at radius 1 is 1.38 bits per heavy atom. The van der Waals surface area contributed by atoms with Gasteiger partial charge in [-0.3, -0.25) is 9.69 Å². The summed E-state index contributed by atoms with van der Waals surface area (Å²) < 4.78 is 19.2. The van der Waals surface area contributed by atoms with Crippen LogP contribution in [0.2, 0.25) is 5.02 Å². The highest BCUT2D eigenvalue weighted by Gasteiger charge is 2.27. The Morgan fingerprint density at radius 3 is 2.76 bits per heavy atom. The van der Waals surface area contributed by atoms with Crippen molar-refractivity contribution in [2.75, 3.05) is 19.7 Å². The summed E-state index contributed by atoms with van der Waals surface area (Å²) in [5, 5.41) is 0.484.